The molecule has 3 rings (SSSR count). The molecule has 2 saturated heterocycles. The number of carbonyl (C=O) groups is 2. The number of methoxy groups -OCH3 is 1. The van der Waals surface area contributed by atoms with Crippen molar-refractivity contribution in [1.29, 1.82) is 0 Å². The number of halogens is 2. The summed E-state index contributed by atoms with van der Waals surface area (Å²) in [5, 5.41) is 3.54. The molecule has 0 bridgehead atoms. The highest BCUT2D eigenvalue weighted by atomic mass is 35.5. The van der Waals surface area contributed by atoms with Gasteiger partial charge >= 0.3 is 0 Å². The van der Waals surface area contributed by atoms with Crippen molar-refractivity contribution in [3.8, 4) is 0 Å². The molecule has 27 heavy (non-hydrogen) atoms. The Kier molecular flexibility index (Phi) is 6.34. The molecule has 8 heteroatoms. The highest BCUT2D eigenvalue weighted by molar-refractivity contribution is 6.30. The van der Waals surface area contributed by atoms with Crippen molar-refractivity contribution in [1.82, 2.24) is 15.1 Å². The van der Waals surface area contributed by atoms with Crippen LogP contribution in [0.15, 0.2) is 18.2 Å². The molecule has 2 fully saturated rings. The molecule has 0 aromatic heterocycles. The van der Waals surface area contributed by atoms with Crippen molar-refractivity contribution in [2.24, 2.45) is 5.41 Å². The van der Waals surface area contributed by atoms with Gasteiger partial charge in [-0.3, -0.25) is 9.59 Å². The molecule has 2 heterocycles. The second kappa shape index (κ2) is 8.54. The standard InChI is InChI=1S/C19H25ClFN3O3/c1-27-13-19(4-6-22-7-5-19)18(26)24-10-8-23(9-11-24)17(25)15-3-2-14(20)12-16(15)21/h2-3,12,22H,4-11,13H2,1H3. The van der Waals surface area contributed by atoms with Crippen LogP contribution in [0.5, 0.6) is 0 Å². The number of hydrogen-bond acceptors (Lipinski definition) is 4. The van der Waals surface area contributed by atoms with Crippen molar-refractivity contribution >= 4 is 23.4 Å². The second-order valence-electron chi connectivity index (χ2n) is 7.17. The van der Waals surface area contributed by atoms with Crippen molar-refractivity contribution in [3.63, 3.8) is 0 Å². The number of rotatable bonds is 4. The fourth-order valence-corrected chi connectivity index (χ4v) is 4.04. The van der Waals surface area contributed by atoms with Crippen LogP contribution in [0.1, 0.15) is 23.2 Å². The summed E-state index contributed by atoms with van der Waals surface area (Å²) in [6.45, 7) is 3.65. The van der Waals surface area contributed by atoms with Crippen LogP contribution < -0.4 is 5.32 Å². The lowest BCUT2D eigenvalue weighted by atomic mass is 9.78. The second-order valence-corrected chi connectivity index (χ2v) is 7.61. The van der Waals surface area contributed by atoms with E-state index in [0.29, 0.717) is 32.8 Å². The average Bonchev–Trinajstić information content (AvgIpc) is 2.68. The van der Waals surface area contributed by atoms with Crippen molar-refractivity contribution in [2.75, 3.05) is 53.0 Å². The minimum absolute atomic E-state index is 0.00776. The Morgan fingerprint density at radius 2 is 1.81 bits per heavy atom. The lowest BCUT2D eigenvalue weighted by Gasteiger charge is -2.42. The van der Waals surface area contributed by atoms with Gasteiger partial charge in [0.05, 0.1) is 17.6 Å². The molecule has 2 aliphatic rings. The first-order valence-corrected chi connectivity index (χ1v) is 9.58. The van der Waals surface area contributed by atoms with Gasteiger partial charge in [-0.1, -0.05) is 11.6 Å². The number of hydrogen-bond donors (Lipinski definition) is 1. The maximum absolute atomic E-state index is 14.0. The minimum atomic E-state index is -0.625. The highest BCUT2D eigenvalue weighted by Gasteiger charge is 2.43. The summed E-state index contributed by atoms with van der Waals surface area (Å²) >= 11 is 5.75. The van der Waals surface area contributed by atoms with Crippen molar-refractivity contribution in [2.45, 2.75) is 12.8 Å². The van der Waals surface area contributed by atoms with Crippen LogP contribution in [0.25, 0.3) is 0 Å². The lowest BCUT2D eigenvalue weighted by molar-refractivity contribution is -0.149. The molecule has 148 valence electrons. The van der Waals surface area contributed by atoms with Crippen molar-refractivity contribution < 1.29 is 18.7 Å². The maximum atomic E-state index is 14.0. The number of carbonyl (C=O) groups excluding carboxylic acids is 2. The van der Waals surface area contributed by atoms with Gasteiger partial charge in [0.15, 0.2) is 0 Å². The molecule has 0 aliphatic carbocycles. The molecule has 1 N–H and O–H groups in total. The third-order valence-electron chi connectivity index (χ3n) is 5.45. The van der Waals surface area contributed by atoms with E-state index < -0.39 is 11.2 Å². The van der Waals surface area contributed by atoms with Crippen LogP contribution >= 0.6 is 11.6 Å². The Morgan fingerprint density at radius 1 is 1.19 bits per heavy atom. The van der Waals surface area contributed by atoms with E-state index in [1.807, 2.05) is 4.90 Å². The third kappa shape index (κ3) is 4.25. The summed E-state index contributed by atoms with van der Waals surface area (Å²) < 4.78 is 19.4. The van der Waals surface area contributed by atoms with Gasteiger partial charge in [-0.05, 0) is 44.1 Å². The van der Waals surface area contributed by atoms with E-state index in [1.54, 1.807) is 12.0 Å². The van der Waals surface area contributed by atoms with E-state index in [2.05, 4.69) is 5.32 Å². The summed E-state index contributed by atoms with van der Waals surface area (Å²) in [5.74, 6) is -0.903. The fourth-order valence-electron chi connectivity index (χ4n) is 3.88. The molecule has 0 atom stereocenters. The first-order valence-electron chi connectivity index (χ1n) is 9.20. The van der Waals surface area contributed by atoms with Gasteiger partial charge in [-0.2, -0.15) is 0 Å². The van der Waals surface area contributed by atoms with Gasteiger partial charge in [0.25, 0.3) is 5.91 Å². The van der Waals surface area contributed by atoms with E-state index in [-0.39, 0.29) is 22.4 Å². The largest absolute Gasteiger partial charge is 0.384 e. The van der Waals surface area contributed by atoms with E-state index in [0.717, 1.165) is 32.0 Å². The molecular formula is C19H25ClFN3O3. The van der Waals surface area contributed by atoms with Crippen LogP contribution in [0.2, 0.25) is 5.02 Å². The Labute approximate surface area is 163 Å². The van der Waals surface area contributed by atoms with Gasteiger partial charge in [-0.25, -0.2) is 4.39 Å². The molecule has 0 radical (unpaired) electrons. The Bertz CT molecular complexity index is 696. The van der Waals surface area contributed by atoms with E-state index in [9.17, 15) is 14.0 Å². The van der Waals surface area contributed by atoms with Crippen LogP contribution in [0.4, 0.5) is 4.39 Å². The zero-order valence-corrected chi connectivity index (χ0v) is 16.2. The number of nitrogens with one attached hydrogen (secondary N) is 1. The molecule has 6 nitrogen and oxygen atoms in total. The van der Waals surface area contributed by atoms with Gasteiger partial charge in [-0.15, -0.1) is 0 Å². The summed E-state index contributed by atoms with van der Waals surface area (Å²) in [6.07, 6.45) is 1.49. The number of piperidine rings is 1. The molecule has 2 amide bonds. The summed E-state index contributed by atoms with van der Waals surface area (Å²) in [7, 11) is 1.62. The predicted molar refractivity (Wildman–Crippen MR) is 100 cm³/mol. The number of nitrogens with zero attached hydrogens (tertiary/aromatic N) is 2. The number of amides is 2. The minimum Gasteiger partial charge on any atom is -0.384 e. The Morgan fingerprint density at radius 3 is 2.41 bits per heavy atom. The van der Waals surface area contributed by atoms with E-state index in [1.165, 1.54) is 12.1 Å². The van der Waals surface area contributed by atoms with E-state index in [4.69, 9.17) is 16.3 Å². The number of ether oxygens (including phenoxy) is 1. The lowest BCUT2D eigenvalue weighted by Crippen LogP contribution is -2.57. The Balaban J connectivity index is 1.64. The van der Waals surface area contributed by atoms with Crippen LogP contribution in [0, 0.1) is 11.2 Å². The average molecular weight is 398 g/mol. The maximum Gasteiger partial charge on any atom is 0.256 e. The zero-order valence-electron chi connectivity index (χ0n) is 15.5. The van der Waals surface area contributed by atoms with Gasteiger partial charge < -0.3 is 19.9 Å². The first-order chi connectivity index (χ1) is 13.0. The zero-order chi connectivity index (χ0) is 19.4. The first kappa shape index (κ1) is 20.0. The topological polar surface area (TPSA) is 61.9 Å². The molecule has 1 aromatic rings. The van der Waals surface area contributed by atoms with Gasteiger partial charge in [0, 0.05) is 38.3 Å². The van der Waals surface area contributed by atoms with Crippen LogP contribution in [0.3, 0.4) is 0 Å². The highest BCUT2D eigenvalue weighted by Crippen LogP contribution is 2.32. The molecule has 0 spiro atoms. The summed E-state index contributed by atoms with van der Waals surface area (Å²) in [5.41, 5.74) is -0.484. The summed E-state index contributed by atoms with van der Waals surface area (Å²) in [4.78, 5) is 29.1. The Hall–Kier alpha value is -1.70. The van der Waals surface area contributed by atoms with Crippen LogP contribution in [-0.2, 0) is 9.53 Å². The predicted octanol–water partition coefficient (Wildman–Crippen LogP) is 1.78. The number of piperazine rings is 1. The smallest absolute Gasteiger partial charge is 0.256 e. The van der Waals surface area contributed by atoms with Gasteiger partial charge in [0.2, 0.25) is 5.91 Å². The van der Waals surface area contributed by atoms with E-state index >= 15 is 0 Å². The third-order valence-corrected chi connectivity index (χ3v) is 5.69. The summed E-state index contributed by atoms with van der Waals surface area (Å²) in [6, 6.07) is 4.05. The SMILES string of the molecule is COCC1(C(=O)N2CCN(C(=O)c3ccc(Cl)cc3F)CC2)CCNCC1. The molecular weight excluding hydrogens is 373 g/mol. The number of benzene rings is 1. The monoisotopic (exact) mass is 397 g/mol. The molecule has 2 aliphatic heterocycles. The molecule has 1 aromatic carbocycles. The fraction of sp³-hybridized carbons (Fsp3) is 0.579. The van der Waals surface area contributed by atoms with Gasteiger partial charge in [0.1, 0.15) is 5.82 Å². The molecule has 0 unspecified atom stereocenters. The molecule has 0 saturated carbocycles. The van der Waals surface area contributed by atoms with Crippen LogP contribution in [-0.4, -0.2) is 74.6 Å². The normalized spacial score (nSPS) is 19.8. The quantitative estimate of drug-likeness (QED) is 0.841. The van der Waals surface area contributed by atoms with Crippen molar-refractivity contribution in [3.05, 3.63) is 34.6 Å².